The van der Waals surface area contributed by atoms with E-state index in [4.69, 9.17) is 10.00 Å². The van der Waals surface area contributed by atoms with Gasteiger partial charge in [-0.15, -0.1) is 0 Å². The largest absolute Gasteiger partial charge is 0.433 e. The van der Waals surface area contributed by atoms with Crippen molar-refractivity contribution in [3.63, 3.8) is 0 Å². The Morgan fingerprint density at radius 3 is 2.85 bits per heavy atom. The zero-order valence-electron chi connectivity index (χ0n) is 14.1. The van der Waals surface area contributed by atoms with Crippen LogP contribution in [0.5, 0.6) is 6.01 Å². The van der Waals surface area contributed by atoms with E-state index >= 15 is 0 Å². The first-order valence-corrected chi connectivity index (χ1v) is 8.01. The van der Waals surface area contributed by atoms with Gasteiger partial charge >= 0.3 is 6.01 Å². The van der Waals surface area contributed by atoms with Gasteiger partial charge in [0.05, 0.1) is 47.7 Å². The molecule has 4 heterocycles. The van der Waals surface area contributed by atoms with Crippen molar-refractivity contribution in [3.8, 4) is 23.3 Å². The molecule has 9 nitrogen and oxygen atoms in total. The number of fused-ring (bicyclic) bond motifs is 1. The lowest BCUT2D eigenvalue weighted by Crippen LogP contribution is -2.22. The van der Waals surface area contributed by atoms with E-state index in [9.17, 15) is 4.79 Å². The van der Waals surface area contributed by atoms with E-state index < -0.39 is 0 Å². The minimum Gasteiger partial charge on any atom is -0.433 e. The normalized spacial score (nSPS) is 12.6. The number of nitriles is 1. The van der Waals surface area contributed by atoms with Crippen molar-refractivity contribution in [1.82, 2.24) is 24.7 Å². The molecular formula is C18H13N7O2. The highest BCUT2D eigenvalue weighted by Crippen LogP contribution is 2.29. The van der Waals surface area contributed by atoms with Crippen LogP contribution in [0.3, 0.4) is 0 Å². The Labute approximate surface area is 154 Å². The van der Waals surface area contributed by atoms with Crippen molar-refractivity contribution < 1.29 is 9.53 Å². The highest BCUT2D eigenvalue weighted by Gasteiger charge is 2.30. The molecule has 0 unspecified atom stereocenters. The molecule has 0 atom stereocenters. The quantitative estimate of drug-likeness (QED) is 0.640. The van der Waals surface area contributed by atoms with Crippen LogP contribution in [0.2, 0.25) is 0 Å². The van der Waals surface area contributed by atoms with Crippen LogP contribution in [0.1, 0.15) is 16.1 Å². The second-order valence-corrected chi connectivity index (χ2v) is 5.68. The number of pyridine rings is 1. The molecule has 0 saturated carbocycles. The summed E-state index contributed by atoms with van der Waals surface area (Å²) in [5.41, 5.74) is 3.20. The first kappa shape index (κ1) is 16.4. The highest BCUT2D eigenvalue weighted by atomic mass is 16.5. The van der Waals surface area contributed by atoms with E-state index in [0.717, 1.165) is 0 Å². The van der Waals surface area contributed by atoms with Gasteiger partial charge in [0.1, 0.15) is 6.54 Å². The fraction of sp³-hybridized carbons (Fsp3) is 0.111. The maximum atomic E-state index is 12.7. The SMILES string of the molecule is C=COc1ncc(-c2ccc3c(n2)CN(c2cnn(CC#N)c2)C3=O)cn1. The summed E-state index contributed by atoms with van der Waals surface area (Å²) in [5, 5.41) is 12.8. The summed E-state index contributed by atoms with van der Waals surface area (Å²) >= 11 is 0. The van der Waals surface area contributed by atoms with Crippen LogP contribution in [-0.2, 0) is 13.1 Å². The van der Waals surface area contributed by atoms with Gasteiger partial charge in [0, 0.05) is 24.2 Å². The zero-order valence-corrected chi connectivity index (χ0v) is 14.1. The molecule has 0 N–H and O–H groups in total. The third-order valence-corrected chi connectivity index (χ3v) is 4.03. The molecule has 3 aromatic heterocycles. The maximum Gasteiger partial charge on any atom is 0.321 e. The summed E-state index contributed by atoms with van der Waals surface area (Å²) in [4.78, 5) is 27.0. The molecule has 0 aliphatic carbocycles. The van der Waals surface area contributed by atoms with Gasteiger partial charge in [-0.05, 0) is 12.1 Å². The number of aromatic nitrogens is 5. The van der Waals surface area contributed by atoms with Crippen LogP contribution in [-0.4, -0.2) is 30.6 Å². The average molecular weight is 359 g/mol. The molecule has 9 heteroatoms. The molecule has 132 valence electrons. The molecular weight excluding hydrogens is 346 g/mol. The molecule has 1 aliphatic heterocycles. The Morgan fingerprint density at radius 1 is 1.30 bits per heavy atom. The van der Waals surface area contributed by atoms with E-state index in [1.165, 1.54) is 10.9 Å². The lowest BCUT2D eigenvalue weighted by Gasteiger charge is -2.11. The Hall–Kier alpha value is -4.06. The fourth-order valence-corrected chi connectivity index (χ4v) is 2.79. The number of rotatable bonds is 5. The standard InChI is InChI=1S/C18H13N7O2/c1-2-27-18-20-7-12(8-21-18)15-4-3-14-16(23-15)11-25(17(14)26)13-9-22-24(10-13)6-5-19/h2-4,7-10H,1,6,11H2. The number of nitrogens with zero attached hydrogens (tertiary/aromatic N) is 7. The van der Waals surface area contributed by atoms with Gasteiger partial charge in [0.25, 0.3) is 5.91 Å². The topological polar surface area (TPSA) is 110 Å². The van der Waals surface area contributed by atoms with Crippen molar-refractivity contribution in [3.05, 3.63) is 61.0 Å². The third kappa shape index (κ3) is 3.00. The minimum absolute atomic E-state index is 0.128. The van der Waals surface area contributed by atoms with Gasteiger partial charge in [0.2, 0.25) is 0 Å². The van der Waals surface area contributed by atoms with Crippen molar-refractivity contribution in [1.29, 1.82) is 5.26 Å². The van der Waals surface area contributed by atoms with E-state index in [-0.39, 0.29) is 18.5 Å². The smallest absolute Gasteiger partial charge is 0.321 e. The fourth-order valence-electron chi connectivity index (χ4n) is 2.79. The number of anilines is 1. The van der Waals surface area contributed by atoms with Crippen LogP contribution in [0.4, 0.5) is 5.69 Å². The summed E-state index contributed by atoms with van der Waals surface area (Å²) in [6.45, 7) is 3.91. The number of carbonyl (C=O) groups is 1. The average Bonchev–Trinajstić information content (AvgIpc) is 3.27. The molecule has 0 aromatic carbocycles. The van der Waals surface area contributed by atoms with E-state index in [0.29, 0.717) is 34.7 Å². The van der Waals surface area contributed by atoms with Gasteiger partial charge in [-0.1, -0.05) is 6.58 Å². The van der Waals surface area contributed by atoms with Crippen LogP contribution < -0.4 is 9.64 Å². The minimum atomic E-state index is -0.147. The molecule has 0 saturated heterocycles. The molecule has 0 bridgehead atoms. The van der Waals surface area contributed by atoms with Crippen LogP contribution in [0.15, 0.2) is 49.8 Å². The number of amides is 1. The Balaban J connectivity index is 1.60. The molecule has 27 heavy (non-hydrogen) atoms. The Morgan fingerprint density at radius 2 is 2.11 bits per heavy atom. The number of carbonyl (C=O) groups excluding carboxylic acids is 1. The molecule has 1 aliphatic rings. The predicted octanol–water partition coefficient (Wildman–Crippen LogP) is 1.94. The lowest BCUT2D eigenvalue weighted by molar-refractivity contribution is 0.0996. The summed E-state index contributed by atoms with van der Waals surface area (Å²) < 4.78 is 6.49. The van der Waals surface area contributed by atoms with Crippen LogP contribution >= 0.6 is 0 Å². The van der Waals surface area contributed by atoms with E-state index in [1.807, 2.05) is 6.07 Å². The van der Waals surface area contributed by atoms with Gasteiger partial charge < -0.3 is 4.74 Å². The first-order valence-electron chi connectivity index (χ1n) is 8.01. The lowest BCUT2D eigenvalue weighted by atomic mass is 10.1. The molecule has 4 rings (SSSR count). The van der Waals surface area contributed by atoms with Gasteiger partial charge in [-0.3, -0.25) is 14.4 Å². The van der Waals surface area contributed by atoms with E-state index in [1.54, 1.807) is 41.8 Å². The molecule has 0 radical (unpaired) electrons. The zero-order chi connectivity index (χ0) is 18.8. The highest BCUT2D eigenvalue weighted by molar-refractivity contribution is 6.09. The third-order valence-electron chi connectivity index (χ3n) is 4.03. The van der Waals surface area contributed by atoms with Crippen LogP contribution in [0.25, 0.3) is 11.3 Å². The van der Waals surface area contributed by atoms with Gasteiger partial charge in [0.15, 0.2) is 0 Å². The molecule has 3 aromatic rings. The molecule has 0 fully saturated rings. The van der Waals surface area contributed by atoms with Crippen molar-refractivity contribution >= 4 is 11.6 Å². The Bertz CT molecular complexity index is 1070. The van der Waals surface area contributed by atoms with E-state index in [2.05, 4.69) is 26.6 Å². The number of ether oxygens (including phenoxy) is 1. The molecule has 0 spiro atoms. The number of hydrogen-bond acceptors (Lipinski definition) is 7. The first-order chi connectivity index (χ1) is 13.2. The van der Waals surface area contributed by atoms with Gasteiger partial charge in [-0.2, -0.15) is 10.4 Å². The summed E-state index contributed by atoms with van der Waals surface area (Å²) in [6, 6.07) is 5.71. The monoisotopic (exact) mass is 359 g/mol. The van der Waals surface area contributed by atoms with Crippen molar-refractivity contribution in [2.75, 3.05) is 4.90 Å². The second kappa shape index (κ2) is 6.68. The number of hydrogen-bond donors (Lipinski definition) is 0. The van der Waals surface area contributed by atoms with Gasteiger partial charge in [-0.25, -0.2) is 15.0 Å². The van der Waals surface area contributed by atoms with Crippen LogP contribution in [0, 0.1) is 11.3 Å². The Kier molecular flexibility index (Phi) is 4.06. The summed E-state index contributed by atoms with van der Waals surface area (Å²) in [5.74, 6) is -0.147. The maximum absolute atomic E-state index is 12.7. The summed E-state index contributed by atoms with van der Waals surface area (Å²) in [6.07, 6.45) is 7.68. The van der Waals surface area contributed by atoms with Crippen molar-refractivity contribution in [2.45, 2.75) is 13.1 Å². The van der Waals surface area contributed by atoms with Crippen molar-refractivity contribution in [2.24, 2.45) is 0 Å². The summed E-state index contributed by atoms with van der Waals surface area (Å²) in [7, 11) is 0. The second-order valence-electron chi connectivity index (χ2n) is 5.68. The molecule has 1 amide bonds. The predicted molar refractivity (Wildman–Crippen MR) is 94.4 cm³/mol.